The number of oxazole rings is 1. The van der Waals surface area contributed by atoms with Crippen LogP contribution in [0.15, 0.2) is 120 Å². The lowest BCUT2D eigenvalue weighted by Gasteiger charge is -2.43. The van der Waals surface area contributed by atoms with Crippen LogP contribution in [0.4, 0.5) is 23.7 Å². The zero-order valence-electron chi connectivity index (χ0n) is 83.8. The van der Waals surface area contributed by atoms with E-state index in [1.807, 2.05) is 109 Å². The third-order valence-electron chi connectivity index (χ3n) is 29.2. The molecule has 142 heavy (non-hydrogen) atoms. The van der Waals surface area contributed by atoms with Gasteiger partial charge >= 0.3 is 11.9 Å². The normalized spacial score (nSPS) is 27.3. The Bertz CT molecular complexity index is 5600. The second kappa shape index (κ2) is 50.2. The van der Waals surface area contributed by atoms with Gasteiger partial charge in [0, 0.05) is 181 Å². The molecule has 5 aromatic heterocycles. The topological polar surface area (TPSA) is 465 Å². The number of Topliss-reactive ketones (excluding diaryl/α,β-unsaturated/α-hetero) is 2. The number of nitrogens with two attached hydrogens (primary N) is 2. The number of aliphatic hydroxyl groups excluding tert-OH is 1. The van der Waals surface area contributed by atoms with E-state index in [-0.39, 0.29) is 112 Å². The molecule has 4 saturated heterocycles. The van der Waals surface area contributed by atoms with Crippen molar-refractivity contribution in [1.82, 2.24) is 69.6 Å². The van der Waals surface area contributed by atoms with Crippen LogP contribution in [-0.2, 0) is 102 Å². The van der Waals surface area contributed by atoms with Gasteiger partial charge in [0.05, 0.1) is 81.2 Å². The maximum absolute atomic E-state index is 15.0. The number of piperidine rings is 1. The number of nitrogens with zero attached hydrogens (tertiary/aromatic N) is 15. The molecule has 0 spiro atoms. The highest BCUT2D eigenvalue weighted by atomic mass is 16.6. The minimum absolute atomic E-state index is 0.00255. The van der Waals surface area contributed by atoms with Gasteiger partial charge in [-0.15, -0.1) is 0 Å². The molecule has 38 nitrogen and oxygen atoms in total. The van der Waals surface area contributed by atoms with Crippen molar-refractivity contribution < 1.29 is 95.6 Å². The maximum atomic E-state index is 15.0. The Balaban J connectivity index is 0.471. The molecule has 7 N–H and O–H groups in total. The van der Waals surface area contributed by atoms with E-state index in [4.69, 9.17) is 63.6 Å². The third kappa shape index (κ3) is 27.1. The van der Waals surface area contributed by atoms with Crippen LogP contribution in [-0.4, -0.2) is 316 Å². The Labute approximate surface area is 829 Å². The van der Waals surface area contributed by atoms with E-state index in [0.717, 1.165) is 40.9 Å². The Hall–Kier alpha value is -11.5. The van der Waals surface area contributed by atoms with Crippen LogP contribution in [0.2, 0.25) is 0 Å². The number of rotatable bonds is 29. The fourth-order valence-corrected chi connectivity index (χ4v) is 20.6. The van der Waals surface area contributed by atoms with Gasteiger partial charge in [0.25, 0.3) is 23.6 Å². The van der Waals surface area contributed by atoms with Crippen LogP contribution in [0.1, 0.15) is 177 Å². The molecular formula is C104H142N18O20. The summed E-state index contributed by atoms with van der Waals surface area (Å²) in [5.74, 6) is -6.72. The molecule has 1 saturated carbocycles. The zero-order chi connectivity index (χ0) is 101. The summed E-state index contributed by atoms with van der Waals surface area (Å²) in [4.78, 5) is 155. The van der Waals surface area contributed by atoms with E-state index in [9.17, 15) is 43.8 Å². The number of nitrogens with one attached hydrogen (secondary N) is 1. The second-order valence-electron chi connectivity index (χ2n) is 39.2. The van der Waals surface area contributed by atoms with Crippen molar-refractivity contribution >= 4 is 93.0 Å². The summed E-state index contributed by atoms with van der Waals surface area (Å²) in [5.41, 5.74) is 21.1. The van der Waals surface area contributed by atoms with Crippen LogP contribution < -0.4 is 26.6 Å². The quantitative estimate of drug-likeness (QED) is 0.0126. The molecule has 16 atom stereocenters. The number of ketones is 2. The van der Waals surface area contributed by atoms with Gasteiger partial charge in [-0.3, -0.25) is 38.5 Å². The first-order chi connectivity index (χ1) is 68.5. The highest BCUT2D eigenvalue weighted by molar-refractivity contribution is 6.39. The fraction of sp³-hybridized carbons (Fsp3) is 0.596. The number of aliphatic hydroxyl groups is 2. The number of aryl methyl sites for hydroxylation is 1. The standard InChI is InChI=1S/C104H142N18O20/c1-64-17-13-12-14-18-65(2)83(133-8)55-78-26-20-70(7)104(132,142-78)95(128)99(130)121-34-16-15-19-80(121)100(131)140-85(56-84(134-9)66(3)50-69(6)93(127)94(136-11)92(126)68(5)49-64)67(4)51-71-22-27-82(86(53-71)135-10)139-89(125)29-23-73-57-108-102(109-58-73)119-42-40-117(41-43-119)87(123)31-46-138-48-44-116-36-38-118(39-37-116)103-110-59-77(60-111-103)98(129)107-33-47-137-45-32-88(124)120-35-30-74-52-72(21-24-76(74)62-120)61-122-97-90(96(105)112-63-113-97)91(115-122)75-25-28-81-79(54-75)114-101(106)141-81/h12-14,17-18,21,24-25,28,50,52,54,57-60,63-64,66-68,70-71,78,80,82-86,93-94,127,132H,15-16,19-20,22-23,26-27,29-49,51,53,55-56,61-62H2,1-11H3,(H2,106,114)(H,107,129)(H2,105,112,113)/b14-12+,17-13+,65-18+,69-50+/t64-,66-,67-,68-,70-,71+,78+,80+,82-,83+,84-,85+,86-,93-,94+,104-/m1/s1. The summed E-state index contributed by atoms with van der Waals surface area (Å²) in [6.07, 6.45) is 20.6. The molecule has 5 fully saturated rings. The smallest absolute Gasteiger partial charge is 0.329 e. The number of aromatic nitrogens is 9. The first kappa shape index (κ1) is 106. The van der Waals surface area contributed by atoms with Gasteiger partial charge in [0.15, 0.2) is 17.0 Å². The van der Waals surface area contributed by atoms with Crippen molar-refractivity contribution in [2.45, 2.75) is 231 Å². The molecule has 38 heteroatoms. The molecular weight excluding hydrogens is 1820 g/mol. The van der Waals surface area contributed by atoms with Gasteiger partial charge in [0.1, 0.15) is 53.8 Å². The van der Waals surface area contributed by atoms with Crippen LogP contribution in [0.25, 0.3) is 33.4 Å². The minimum Gasteiger partial charge on any atom is -0.460 e. The number of esters is 2. The number of cyclic esters (lactones) is 1. The average Bonchev–Trinajstić information content (AvgIpc) is 1.59. The van der Waals surface area contributed by atoms with Gasteiger partial charge in [-0.1, -0.05) is 89.3 Å². The largest absolute Gasteiger partial charge is 0.460 e. The van der Waals surface area contributed by atoms with Crippen molar-refractivity contribution in [3.8, 4) is 11.3 Å². The van der Waals surface area contributed by atoms with Gasteiger partial charge in [-0.25, -0.2) is 39.4 Å². The minimum atomic E-state index is -2.46. The average molecular weight is 1960 g/mol. The molecule has 0 unspecified atom stereocenters. The molecule has 7 aromatic rings. The van der Waals surface area contributed by atoms with Crippen molar-refractivity contribution in [2.75, 3.05) is 155 Å². The number of nitrogen functional groups attached to an aromatic ring is 2. The molecule has 768 valence electrons. The van der Waals surface area contributed by atoms with Crippen LogP contribution in [0.5, 0.6) is 0 Å². The number of allylic oxidation sites excluding steroid dienone is 5. The summed E-state index contributed by atoms with van der Waals surface area (Å²) in [5, 5.41) is 32.5. The number of carbonyl (C=O) groups excluding carboxylic acids is 8. The van der Waals surface area contributed by atoms with Crippen molar-refractivity contribution in [3.05, 3.63) is 143 Å². The van der Waals surface area contributed by atoms with Crippen molar-refractivity contribution in [3.63, 3.8) is 0 Å². The third-order valence-corrected chi connectivity index (χ3v) is 29.2. The number of benzene rings is 2. The molecule has 4 amide bonds. The summed E-state index contributed by atoms with van der Waals surface area (Å²) in [6.45, 7) is 21.9. The Morgan fingerprint density at radius 3 is 2.12 bits per heavy atom. The number of carbonyl (C=O) groups is 8. The Kier molecular flexibility index (Phi) is 37.6. The first-order valence-corrected chi connectivity index (χ1v) is 50.2. The SMILES string of the molecule is CO[C@H]1C[C@@H]2CC[C@@H](C)[C@@](O)(O2)C(=O)C(=O)N2CCCC[C@H]2C(=O)O[C@H]([C@H](C)C[C@@H]2CC[C@@H](OC(=O)CCc3cnc(N4CCN(C(=O)CCOCCN5CCN(c6ncc(C(=O)NCCOCCC(=O)N7CCc8cc(Cn9nc(-c%10ccc%11oc(N)nc%11c%10)c%10c(N)ncnc%109)ccc8C7)cn6)CC5)CC4)nc3)[C@H](OC)C2)C[C@@H](OC)[C@H](C)/C=C(\C)[C@@H](O)[C@@H](OC)C(=O)[C@H](C)C[C@H](C)/C=C/C=C/C=C/1C. The predicted octanol–water partition coefficient (Wildman–Crippen LogP) is 9.15. The number of ether oxygens (including phenoxy) is 9. The van der Waals surface area contributed by atoms with Crippen LogP contribution in [0.3, 0.4) is 0 Å². The number of methoxy groups -OCH3 is 4. The van der Waals surface area contributed by atoms with E-state index in [1.54, 1.807) is 53.6 Å². The fourth-order valence-electron chi connectivity index (χ4n) is 20.6. The summed E-state index contributed by atoms with van der Waals surface area (Å²) >= 11 is 0. The number of fused-ring (bicyclic) bond motifs is 6. The van der Waals surface area contributed by atoms with Gasteiger partial charge < -0.3 is 98.5 Å². The second-order valence-corrected chi connectivity index (χ2v) is 39.2. The predicted molar refractivity (Wildman–Crippen MR) is 530 cm³/mol. The molecule has 6 aliphatic heterocycles. The van der Waals surface area contributed by atoms with E-state index < -0.39 is 96.1 Å². The van der Waals surface area contributed by atoms with Gasteiger partial charge in [0.2, 0.25) is 29.5 Å². The van der Waals surface area contributed by atoms with E-state index in [2.05, 4.69) is 62.1 Å². The van der Waals surface area contributed by atoms with Crippen LogP contribution >= 0.6 is 0 Å². The Morgan fingerprint density at radius 2 is 1.39 bits per heavy atom. The molecule has 11 heterocycles. The number of hydrogen-bond donors (Lipinski definition) is 5. The van der Waals surface area contributed by atoms with Gasteiger partial charge in [-0.05, 0) is 160 Å². The lowest BCUT2D eigenvalue weighted by Crippen LogP contribution is -2.61. The Morgan fingerprint density at radius 1 is 0.676 bits per heavy atom. The number of hydrogen-bond acceptors (Lipinski definition) is 33. The van der Waals surface area contributed by atoms with E-state index >= 15 is 4.79 Å². The summed E-state index contributed by atoms with van der Waals surface area (Å²) in [7, 11) is 6.17. The van der Waals surface area contributed by atoms with E-state index in [0.29, 0.717) is 212 Å². The zero-order valence-corrected chi connectivity index (χ0v) is 83.8. The molecule has 0 radical (unpaired) electrons. The number of anilines is 4. The highest BCUT2D eigenvalue weighted by Gasteiger charge is 2.54. The molecule has 1 aliphatic carbocycles. The number of piperazine rings is 2. The summed E-state index contributed by atoms with van der Waals surface area (Å²) < 4.78 is 62.0. The lowest BCUT2D eigenvalue weighted by atomic mass is 9.78. The van der Waals surface area contributed by atoms with Crippen LogP contribution in [0, 0.1) is 35.5 Å². The number of amides is 4. The van der Waals surface area contributed by atoms with Crippen molar-refractivity contribution in [2.24, 2.45) is 35.5 Å². The first-order valence-electron chi connectivity index (χ1n) is 50.2. The molecule has 2 bridgehead atoms. The van der Waals surface area contributed by atoms with Gasteiger partial charge in [-0.2, -0.15) is 10.1 Å². The summed E-state index contributed by atoms with van der Waals surface area (Å²) in [6, 6.07) is 10.7. The molecule has 2 aromatic carbocycles. The molecule has 14 rings (SSSR count). The maximum Gasteiger partial charge on any atom is 0.329 e. The molecule has 7 aliphatic rings. The van der Waals surface area contributed by atoms with E-state index in [1.165, 1.54) is 36.3 Å². The highest BCUT2D eigenvalue weighted by Crippen LogP contribution is 2.41. The van der Waals surface area contributed by atoms with Crippen molar-refractivity contribution in [1.29, 1.82) is 0 Å². The lowest BCUT2D eigenvalue weighted by molar-refractivity contribution is -0.265. The monoisotopic (exact) mass is 1960 g/mol.